The molecule has 4 heteroatoms. The number of benzene rings is 1. The van der Waals surface area contributed by atoms with Gasteiger partial charge in [0, 0.05) is 24.2 Å². The van der Waals surface area contributed by atoms with Crippen molar-refractivity contribution in [2.45, 2.75) is 19.5 Å². The van der Waals surface area contributed by atoms with E-state index in [1.165, 1.54) is 0 Å². The Morgan fingerprint density at radius 3 is 2.90 bits per heavy atom. The fourth-order valence-corrected chi connectivity index (χ4v) is 2.26. The molecule has 2 aromatic heterocycles. The zero-order chi connectivity index (χ0) is 14.7. The molecule has 3 rings (SSSR count). The average Bonchev–Trinajstić information content (AvgIpc) is 2.97. The van der Waals surface area contributed by atoms with E-state index in [-0.39, 0.29) is 6.04 Å². The highest BCUT2D eigenvalue weighted by Crippen LogP contribution is 2.23. The summed E-state index contributed by atoms with van der Waals surface area (Å²) in [6.45, 7) is 2.83. The van der Waals surface area contributed by atoms with E-state index in [1.807, 2.05) is 30.3 Å². The molecule has 0 radical (unpaired) electrons. The smallest absolute Gasteiger partial charge is 0.213 e. The summed E-state index contributed by atoms with van der Waals surface area (Å²) in [6.07, 6.45) is 1.75. The monoisotopic (exact) mass is 282 g/mol. The first-order chi connectivity index (χ1) is 10.3. The predicted molar refractivity (Wildman–Crippen MR) is 82.3 cm³/mol. The SMILES string of the molecule is COc1cc(CN[C@H](C)c2cc3ccccc3o2)ccn1. The molecule has 0 saturated carbocycles. The van der Waals surface area contributed by atoms with Gasteiger partial charge in [0.05, 0.1) is 13.2 Å². The molecule has 0 saturated heterocycles. The molecule has 1 aromatic carbocycles. The number of nitrogens with zero attached hydrogens (tertiary/aromatic N) is 1. The van der Waals surface area contributed by atoms with Crippen molar-refractivity contribution in [3.8, 4) is 5.88 Å². The van der Waals surface area contributed by atoms with Gasteiger partial charge in [-0.1, -0.05) is 18.2 Å². The van der Waals surface area contributed by atoms with Gasteiger partial charge in [0.25, 0.3) is 0 Å². The molecule has 0 fully saturated rings. The Labute approximate surface area is 123 Å². The first-order valence-corrected chi connectivity index (χ1v) is 6.97. The van der Waals surface area contributed by atoms with E-state index in [9.17, 15) is 0 Å². The predicted octanol–water partition coefficient (Wildman–Crippen LogP) is 3.69. The van der Waals surface area contributed by atoms with Crippen molar-refractivity contribution in [3.05, 3.63) is 60.0 Å². The number of methoxy groups -OCH3 is 1. The number of nitrogens with one attached hydrogen (secondary N) is 1. The minimum absolute atomic E-state index is 0.136. The molecule has 108 valence electrons. The molecule has 0 aliphatic rings. The topological polar surface area (TPSA) is 47.3 Å². The van der Waals surface area contributed by atoms with Crippen LogP contribution in [0.2, 0.25) is 0 Å². The number of pyridine rings is 1. The molecule has 1 atom stereocenters. The van der Waals surface area contributed by atoms with Crippen molar-refractivity contribution < 1.29 is 9.15 Å². The standard InChI is InChI=1S/C17H18N2O2/c1-12(16-10-14-5-3-4-6-15(14)21-16)19-11-13-7-8-18-17(9-13)20-2/h3-10,12,19H,11H2,1-2H3/t12-/m1/s1. The van der Waals surface area contributed by atoms with Crippen molar-refractivity contribution in [2.75, 3.05) is 7.11 Å². The molecule has 3 aromatic rings. The lowest BCUT2D eigenvalue weighted by Crippen LogP contribution is -2.17. The Morgan fingerprint density at radius 1 is 1.24 bits per heavy atom. The maximum Gasteiger partial charge on any atom is 0.213 e. The van der Waals surface area contributed by atoms with Crippen LogP contribution in [0.25, 0.3) is 11.0 Å². The third-order valence-electron chi connectivity index (χ3n) is 3.49. The van der Waals surface area contributed by atoms with Crippen molar-refractivity contribution in [1.82, 2.24) is 10.3 Å². The third kappa shape index (κ3) is 3.06. The molecular weight excluding hydrogens is 264 g/mol. The molecular formula is C17H18N2O2. The van der Waals surface area contributed by atoms with Gasteiger partial charge in [0.2, 0.25) is 5.88 Å². The molecule has 0 spiro atoms. The van der Waals surface area contributed by atoms with Crippen LogP contribution in [0.3, 0.4) is 0 Å². The Morgan fingerprint density at radius 2 is 2.10 bits per heavy atom. The first-order valence-electron chi connectivity index (χ1n) is 6.97. The van der Waals surface area contributed by atoms with Gasteiger partial charge in [0.1, 0.15) is 11.3 Å². The molecule has 2 heterocycles. The molecule has 0 amide bonds. The number of fused-ring (bicyclic) bond motifs is 1. The molecule has 0 unspecified atom stereocenters. The molecule has 0 aliphatic carbocycles. The van der Waals surface area contributed by atoms with Crippen molar-refractivity contribution in [1.29, 1.82) is 0 Å². The second-order valence-electron chi connectivity index (χ2n) is 5.00. The lowest BCUT2D eigenvalue weighted by molar-refractivity contribution is 0.396. The van der Waals surface area contributed by atoms with Gasteiger partial charge in [-0.15, -0.1) is 0 Å². The lowest BCUT2D eigenvalue weighted by Gasteiger charge is -2.11. The minimum atomic E-state index is 0.136. The van der Waals surface area contributed by atoms with E-state index in [1.54, 1.807) is 13.3 Å². The van der Waals surface area contributed by atoms with Gasteiger partial charge in [-0.2, -0.15) is 0 Å². The Kier molecular flexibility index (Phi) is 3.88. The summed E-state index contributed by atoms with van der Waals surface area (Å²) in [7, 11) is 1.62. The highest BCUT2D eigenvalue weighted by atomic mass is 16.5. The Hall–Kier alpha value is -2.33. The van der Waals surface area contributed by atoms with Crippen LogP contribution >= 0.6 is 0 Å². The van der Waals surface area contributed by atoms with E-state index < -0.39 is 0 Å². The highest BCUT2D eigenvalue weighted by Gasteiger charge is 2.11. The quantitative estimate of drug-likeness (QED) is 0.775. The highest BCUT2D eigenvalue weighted by molar-refractivity contribution is 5.77. The van der Waals surface area contributed by atoms with Crippen LogP contribution < -0.4 is 10.1 Å². The summed E-state index contributed by atoms with van der Waals surface area (Å²) in [4.78, 5) is 4.10. The van der Waals surface area contributed by atoms with Gasteiger partial charge < -0.3 is 14.5 Å². The van der Waals surface area contributed by atoms with Crippen molar-refractivity contribution in [2.24, 2.45) is 0 Å². The number of aromatic nitrogens is 1. The average molecular weight is 282 g/mol. The third-order valence-corrected chi connectivity index (χ3v) is 3.49. The van der Waals surface area contributed by atoms with Gasteiger partial charge >= 0.3 is 0 Å². The second kappa shape index (κ2) is 5.97. The number of hydrogen-bond acceptors (Lipinski definition) is 4. The van der Waals surface area contributed by atoms with Crippen LogP contribution in [0.4, 0.5) is 0 Å². The van der Waals surface area contributed by atoms with Gasteiger partial charge in [-0.25, -0.2) is 4.98 Å². The lowest BCUT2D eigenvalue weighted by atomic mass is 10.2. The molecule has 0 aliphatic heterocycles. The summed E-state index contributed by atoms with van der Waals surface area (Å²) in [5.41, 5.74) is 2.05. The minimum Gasteiger partial charge on any atom is -0.481 e. The summed E-state index contributed by atoms with van der Waals surface area (Å²) >= 11 is 0. The first kappa shape index (κ1) is 13.6. The summed E-state index contributed by atoms with van der Waals surface area (Å²) in [5, 5.41) is 4.58. The summed E-state index contributed by atoms with van der Waals surface area (Å²) in [6, 6.07) is 14.2. The van der Waals surface area contributed by atoms with E-state index in [0.29, 0.717) is 5.88 Å². The van der Waals surface area contributed by atoms with Crippen molar-refractivity contribution >= 4 is 11.0 Å². The van der Waals surface area contributed by atoms with Crippen LogP contribution in [0.15, 0.2) is 53.1 Å². The zero-order valence-electron chi connectivity index (χ0n) is 12.2. The van der Waals surface area contributed by atoms with Crippen LogP contribution in [0, 0.1) is 0 Å². The van der Waals surface area contributed by atoms with Gasteiger partial charge in [-0.05, 0) is 30.7 Å². The Bertz CT molecular complexity index is 703. The number of rotatable bonds is 5. The normalized spacial score (nSPS) is 12.5. The fraction of sp³-hybridized carbons (Fsp3) is 0.235. The zero-order valence-corrected chi connectivity index (χ0v) is 12.2. The second-order valence-corrected chi connectivity index (χ2v) is 5.00. The van der Waals surface area contributed by atoms with Crippen LogP contribution in [-0.2, 0) is 6.54 Å². The van der Waals surface area contributed by atoms with E-state index in [2.05, 4.69) is 29.4 Å². The maximum atomic E-state index is 5.86. The molecule has 21 heavy (non-hydrogen) atoms. The number of para-hydroxylation sites is 1. The maximum absolute atomic E-state index is 5.86. The van der Waals surface area contributed by atoms with E-state index in [4.69, 9.17) is 9.15 Å². The van der Waals surface area contributed by atoms with E-state index >= 15 is 0 Å². The van der Waals surface area contributed by atoms with Crippen LogP contribution in [0.5, 0.6) is 5.88 Å². The van der Waals surface area contributed by atoms with Crippen LogP contribution in [-0.4, -0.2) is 12.1 Å². The summed E-state index contributed by atoms with van der Waals surface area (Å²) < 4.78 is 11.0. The molecule has 4 nitrogen and oxygen atoms in total. The van der Waals surface area contributed by atoms with Crippen LogP contribution in [0.1, 0.15) is 24.3 Å². The molecule has 0 bridgehead atoms. The van der Waals surface area contributed by atoms with E-state index in [0.717, 1.165) is 28.8 Å². The largest absolute Gasteiger partial charge is 0.481 e. The van der Waals surface area contributed by atoms with Crippen molar-refractivity contribution in [3.63, 3.8) is 0 Å². The number of hydrogen-bond donors (Lipinski definition) is 1. The van der Waals surface area contributed by atoms with Gasteiger partial charge in [0.15, 0.2) is 0 Å². The number of ether oxygens (including phenoxy) is 1. The number of furan rings is 1. The Balaban J connectivity index is 1.69. The van der Waals surface area contributed by atoms with Gasteiger partial charge in [-0.3, -0.25) is 0 Å². The molecule has 1 N–H and O–H groups in total. The fourth-order valence-electron chi connectivity index (χ4n) is 2.26. The summed E-state index contributed by atoms with van der Waals surface area (Å²) in [5.74, 6) is 1.57.